The highest BCUT2D eigenvalue weighted by Gasteiger charge is 2.05. The van der Waals surface area contributed by atoms with Crippen molar-refractivity contribution in [3.63, 3.8) is 0 Å². The van der Waals surface area contributed by atoms with Crippen LogP contribution in [0.1, 0.15) is 31.0 Å². The lowest BCUT2D eigenvalue weighted by Gasteiger charge is -2.09. The van der Waals surface area contributed by atoms with E-state index in [-0.39, 0.29) is 0 Å². The van der Waals surface area contributed by atoms with Gasteiger partial charge in [0.25, 0.3) is 0 Å². The molecule has 108 valence electrons. The van der Waals surface area contributed by atoms with Gasteiger partial charge in [-0.3, -0.25) is 0 Å². The van der Waals surface area contributed by atoms with Crippen LogP contribution in [0.5, 0.6) is 0 Å². The second-order valence-corrected chi connectivity index (χ2v) is 5.49. The highest BCUT2D eigenvalue weighted by molar-refractivity contribution is 6.30. The molecule has 0 radical (unpaired) electrons. The number of aryl methyl sites for hydroxylation is 3. The van der Waals surface area contributed by atoms with Crippen molar-refractivity contribution in [1.29, 1.82) is 0 Å². The summed E-state index contributed by atoms with van der Waals surface area (Å²) in [6.45, 7) is 6.13. The summed E-state index contributed by atoms with van der Waals surface area (Å²) in [4.78, 5) is 4.54. The summed E-state index contributed by atoms with van der Waals surface area (Å²) in [5.41, 5.74) is 2.35. The maximum Gasteiger partial charge on any atom is 0.203 e. The van der Waals surface area contributed by atoms with Crippen LogP contribution in [0, 0.1) is 6.92 Å². The zero-order valence-electron chi connectivity index (χ0n) is 12.2. The normalized spacial score (nSPS) is 10.8. The summed E-state index contributed by atoms with van der Waals surface area (Å²) in [5.74, 6) is 0.977. The Balaban J connectivity index is 1.96. The van der Waals surface area contributed by atoms with Crippen LogP contribution in [0.4, 0.5) is 5.95 Å². The molecule has 1 heterocycles. The van der Waals surface area contributed by atoms with Crippen LogP contribution in [0.2, 0.25) is 5.02 Å². The third-order valence-corrected chi connectivity index (χ3v) is 3.52. The van der Waals surface area contributed by atoms with Crippen molar-refractivity contribution in [1.82, 2.24) is 9.55 Å². The van der Waals surface area contributed by atoms with Crippen LogP contribution in [0.15, 0.2) is 30.5 Å². The molecule has 0 aliphatic heterocycles. The van der Waals surface area contributed by atoms with Crippen LogP contribution >= 0.6 is 11.6 Å². The van der Waals surface area contributed by atoms with Crippen molar-refractivity contribution in [3.05, 3.63) is 46.7 Å². The van der Waals surface area contributed by atoms with Crippen molar-refractivity contribution in [2.45, 2.75) is 39.7 Å². The van der Waals surface area contributed by atoms with Crippen LogP contribution in [-0.2, 0) is 13.0 Å². The predicted molar refractivity (Wildman–Crippen MR) is 85.5 cm³/mol. The first-order valence-corrected chi connectivity index (χ1v) is 7.59. The minimum Gasteiger partial charge on any atom is -0.356 e. The number of nitrogens with zero attached hydrogens (tertiary/aromatic N) is 2. The second-order valence-electron chi connectivity index (χ2n) is 5.06. The lowest BCUT2D eigenvalue weighted by Crippen LogP contribution is -2.09. The molecule has 0 atom stereocenters. The molecule has 1 aromatic heterocycles. The van der Waals surface area contributed by atoms with E-state index in [0.29, 0.717) is 0 Å². The number of unbranched alkanes of at least 4 members (excludes halogenated alkanes) is 1. The number of halogens is 1. The molecular formula is C16H22ClN3. The van der Waals surface area contributed by atoms with Gasteiger partial charge in [0.05, 0.1) is 5.69 Å². The Bertz CT molecular complexity index is 531. The number of hydrogen-bond acceptors (Lipinski definition) is 2. The van der Waals surface area contributed by atoms with Crippen LogP contribution in [-0.4, -0.2) is 16.1 Å². The maximum absolute atomic E-state index is 5.90. The molecule has 0 saturated heterocycles. The summed E-state index contributed by atoms with van der Waals surface area (Å²) in [6.07, 6.45) is 5.44. The molecule has 2 rings (SSSR count). The van der Waals surface area contributed by atoms with Gasteiger partial charge in [-0.2, -0.15) is 0 Å². The fourth-order valence-corrected chi connectivity index (χ4v) is 2.26. The number of benzene rings is 1. The summed E-state index contributed by atoms with van der Waals surface area (Å²) < 4.78 is 2.19. The molecule has 2 aromatic rings. The van der Waals surface area contributed by atoms with Gasteiger partial charge < -0.3 is 9.88 Å². The quantitative estimate of drug-likeness (QED) is 0.771. The molecule has 0 bridgehead atoms. The van der Waals surface area contributed by atoms with Crippen LogP contribution in [0.25, 0.3) is 0 Å². The molecule has 3 nitrogen and oxygen atoms in total. The Morgan fingerprint density at radius 3 is 2.70 bits per heavy atom. The van der Waals surface area contributed by atoms with Crippen molar-refractivity contribution >= 4 is 17.5 Å². The fraction of sp³-hybridized carbons (Fsp3) is 0.438. The minimum absolute atomic E-state index is 0.786. The second kappa shape index (κ2) is 7.34. The minimum atomic E-state index is 0.786. The third kappa shape index (κ3) is 4.27. The first-order chi connectivity index (χ1) is 9.69. The fourth-order valence-electron chi connectivity index (χ4n) is 2.14. The lowest BCUT2D eigenvalue weighted by atomic mass is 10.1. The molecule has 1 N–H and O–H groups in total. The molecule has 0 aliphatic carbocycles. The van der Waals surface area contributed by atoms with Gasteiger partial charge in [-0.25, -0.2) is 4.98 Å². The average Bonchev–Trinajstić information content (AvgIpc) is 2.79. The van der Waals surface area contributed by atoms with Crippen LogP contribution in [0.3, 0.4) is 0 Å². The third-order valence-electron chi connectivity index (χ3n) is 3.27. The van der Waals surface area contributed by atoms with E-state index in [1.807, 2.05) is 19.1 Å². The van der Waals surface area contributed by atoms with Gasteiger partial charge in [0.2, 0.25) is 5.95 Å². The first kappa shape index (κ1) is 14.9. The molecule has 0 unspecified atom stereocenters. The summed E-state index contributed by atoms with van der Waals surface area (Å²) in [5, 5.41) is 4.20. The number of anilines is 1. The number of hydrogen-bond donors (Lipinski definition) is 1. The van der Waals surface area contributed by atoms with Gasteiger partial charge in [0, 0.05) is 24.3 Å². The summed E-state index contributed by atoms with van der Waals surface area (Å²) in [7, 11) is 0. The van der Waals surface area contributed by atoms with Crippen molar-refractivity contribution in [2.24, 2.45) is 0 Å². The van der Waals surface area contributed by atoms with Gasteiger partial charge >= 0.3 is 0 Å². The van der Waals surface area contributed by atoms with E-state index < -0.39 is 0 Å². The standard InChI is InChI=1S/C16H22ClN3/c1-3-4-10-18-16-19-13(2)12-20(16)11-9-14-5-7-15(17)8-6-14/h5-8,12H,3-4,9-11H2,1-2H3,(H,18,19). The lowest BCUT2D eigenvalue weighted by molar-refractivity contribution is 0.695. The molecule has 0 aliphatic rings. The van der Waals surface area contributed by atoms with Gasteiger partial charge in [-0.1, -0.05) is 37.1 Å². The average molecular weight is 292 g/mol. The van der Waals surface area contributed by atoms with E-state index in [0.717, 1.165) is 36.2 Å². The Hall–Kier alpha value is -1.48. The van der Waals surface area contributed by atoms with E-state index in [2.05, 4.69) is 40.1 Å². The smallest absolute Gasteiger partial charge is 0.203 e. The van der Waals surface area contributed by atoms with Crippen molar-refractivity contribution in [2.75, 3.05) is 11.9 Å². The molecule has 0 amide bonds. The maximum atomic E-state index is 5.90. The Labute approximate surface area is 126 Å². The number of rotatable bonds is 7. The molecule has 0 saturated carbocycles. The highest BCUT2D eigenvalue weighted by Crippen LogP contribution is 2.13. The van der Waals surface area contributed by atoms with Gasteiger partial charge in [0.15, 0.2) is 0 Å². The van der Waals surface area contributed by atoms with Gasteiger partial charge in [-0.15, -0.1) is 0 Å². The predicted octanol–water partition coefficient (Wildman–Crippen LogP) is 4.30. The Morgan fingerprint density at radius 2 is 2.00 bits per heavy atom. The SMILES string of the molecule is CCCCNc1nc(C)cn1CCc1ccc(Cl)cc1. The van der Waals surface area contributed by atoms with E-state index in [1.54, 1.807) is 0 Å². The largest absolute Gasteiger partial charge is 0.356 e. The topological polar surface area (TPSA) is 29.9 Å². The Kier molecular flexibility index (Phi) is 5.48. The molecular weight excluding hydrogens is 270 g/mol. The summed E-state index contributed by atoms with van der Waals surface area (Å²) >= 11 is 5.90. The van der Waals surface area contributed by atoms with Gasteiger partial charge in [-0.05, 0) is 37.5 Å². The molecule has 1 aromatic carbocycles. The van der Waals surface area contributed by atoms with Crippen molar-refractivity contribution in [3.8, 4) is 0 Å². The van der Waals surface area contributed by atoms with E-state index in [9.17, 15) is 0 Å². The van der Waals surface area contributed by atoms with E-state index in [1.165, 1.54) is 18.4 Å². The number of imidazole rings is 1. The van der Waals surface area contributed by atoms with Crippen LogP contribution < -0.4 is 5.32 Å². The van der Waals surface area contributed by atoms with Gasteiger partial charge in [0.1, 0.15) is 0 Å². The summed E-state index contributed by atoms with van der Waals surface area (Å²) in [6, 6.07) is 8.04. The first-order valence-electron chi connectivity index (χ1n) is 7.21. The van der Waals surface area contributed by atoms with Crippen molar-refractivity contribution < 1.29 is 0 Å². The molecule has 0 spiro atoms. The zero-order chi connectivity index (χ0) is 14.4. The zero-order valence-corrected chi connectivity index (χ0v) is 13.0. The Morgan fingerprint density at radius 1 is 1.25 bits per heavy atom. The van der Waals surface area contributed by atoms with E-state index in [4.69, 9.17) is 11.6 Å². The number of nitrogens with one attached hydrogen (secondary N) is 1. The van der Waals surface area contributed by atoms with E-state index >= 15 is 0 Å². The molecule has 4 heteroatoms. The monoisotopic (exact) mass is 291 g/mol. The molecule has 20 heavy (non-hydrogen) atoms. The highest BCUT2D eigenvalue weighted by atomic mass is 35.5. The molecule has 0 fully saturated rings. The number of aromatic nitrogens is 2.